The van der Waals surface area contributed by atoms with Crippen LogP contribution in [-0.4, -0.2) is 50.8 Å². The van der Waals surface area contributed by atoms with E-state index in [2.05, 4.69) is 34.9 Å². The van der Waals surface area contributed by atoms with Crippen molar-refractivity contribution in [3.8, 4) is 11.1 Å². The average Bonchev–Trinajstić information content (AvgIpc) is 3.26. The molecule has 3 heterocycles. The lowest BCUT2D eigenvalue weighted by Crippen LogP contribution is -2.42. The molecule has 1 aliphatic rings. The molecule has 1 saturated heterocycles. The van der Waals surface area contributed by atoms with Crippen LogP contribution in [0.3, 0.4) is 0 Å². The van der Waals surface area contributed by atoms with Crippen molar-refractivity contribution in [2.45, 2.75) is 59.3 Å². The van der Waals surface area contributed by atoms with Gasteiger partial charge in [-0.2, -0.15) is 0 Å². The third kappa shape index (κ3) is 5.45. The molecule has 0 spiro atoms. The average molecular weight is 516 g/mol. The van der Waals surface area contributed by atoms with E-state index in [-0.39, 0.29) is 6.09 Å². The zero-order valence-corrected chi connectivity index (χ0v) is 22.7. The highest BCUT2D eigenvalue weighted by molar-refractivity contribution is 6.07. The van der Waals surface area contributed by atoms with Gasteiger partial charge in [0.15, 0.2) is 5.82 Å². The van der Waals surface area contributed by atoms with Crippen molar-refractivity contribution in [2.24, 2.45) is 5.92 Å². The van der Waals surface area contributed by atoms with Gasteiger partial charge in [0.05, 0.1) is 11.0 Å². The molecule has 0 radical (unpaired) electrons. The predicted octanol–water partition coefficient (Wildman–Crippen LogP) is 6.02. The number of aromatic nitrogens is 3. The lowest BCUT2D eigenvalue weighted by Gasteiger charge is -2.33. The van der Waals surface area contributed by atoms with Crippen LogP contribution in [0.1, 0.15) is 46.4 Å². The van der Waals surface area contributed by atoms with Crippen molar-refractivity contribution >= 4 is 33.8 Å². The van der Waals surface area contributed by atoms with Crippen LogP contribution in [-0.2, 0) is 22.6 Å². The number of likely N-dealkylation sites (tertiary alicyclic amines) is 1. The molecule has 2 N–H and O–H groups in total. The molecule has 0 atom stereocenters. The minimum atomic E-state index is -0.493. The largest absolute Gasteiger partial charge is 0.444 e. The summed E-state index contributed by atoms with van der Waals surface area (Å²) in [6.45, 7) is 10.8. The molecule has 5 rings (SSSR count). The lowest BCUT2D eigenvalue weighted by molar-refractivity contribution is 0.0177. The number of nitrogen functional groups attached to an aromatic ring is 1. The van der Waals surface area contributed by atoms with Crippen molar-refractivity contribution in [1.82, 2.24) is 19.4 Å². The molecule has 8 nitrogen and oxygen atoms in total. The number of fused-ring (bicyclic) bond motifs is 3. The summed E-state index contributed by atoms with van der Waals surface area (Å²) in [6, 6.07) is 16.6. The van der Waals surface area contributed by atoms with Gasteiger partial charge in [-0.25, -0.2) is 14.8 Å². The Morgan fingerprint density at radius 1 is 1.05 bits per heavy atom. The van der Waals surface area contributed by atoms with Gasteiger partial charge in [-0.15, -0.1) is 0 Å². The zero-order valence-electron chi connectivity index (χ0n) is 22.7. The zero-order chi connectivity index (χ0) is 26.9. The van der Waals surface area contributed by atoms with E-state index in [0.717, 1.165) is 52.8 Å². The summed E-state index contributed by atoms with van der Waals surface area (Å²) in [6.07, 6.45) is 1.55. The van der Waals surface area contributed by atoms with E-state index in [0.29, 0.717) is 43.6 Å². The fourth-order valence-electron chi connectivity index (χ4n) is 5.15. The molecule has 1 amide bonds. The summed E-state index contributed by atoms with van der Waals surface area (Å²) < 4.78 is 13.6. The molecule has 4 aromatic rings. The van der Waals surface area contributed by atoms with Crippen molar-refractivity contribution in [1.29, 1.82) is 0 Å². The number of anilines is 1. The lowest BCUT2D eigenvalue weighted by atomic mass is 9.96. The Kier molecular flexibility index (Phi) is 7.25. The van der Waals surface area contributed by atoms with Crippen LogP contribution >= 0.6 is 0 Å². The standard InChI is InChI=1S/C30H37N5O3/c1-5-37-19-25-33-26-27(35(25)18-20-13-15-34(16-14-20)29(36)38-30(2,3)4)23-12-11-22(17-24(23)32-28(26)31)21-9-7-6-8-10-21/h6-12,17,20H,5,13-16,18-19H2,1-4H3,(H2,31,32). The molecule has 1 aliphatic heterocycles. The Morgan fingerprint density at radius 2 is 1.79 bits per heavy atom. The summed E-state index contributed by atoms with van der Waals surface area (Å²) in [7, 11) is 0. The van der Waals surface area contributed by atoms with E-state index in [1.807, 2.05) is 50.8 Å². The summed E-state index contributed by atoms with van der Waals surface area (Å²) >= 11 is 0. The maximum atomic E-state index is 12.5. The number of hydrogen-bond acceptors (Lipinski definition) is 6. The van der Waals surface area contributed by atoms with Crippen molar-refractivity contribution in [3.63, 3.8) is 0 Å². The van der Waals surface area contributed by atoms with Gasteiger partial charge in [0.2, 0.25) is 0 Å². The smallest absolute Gasteiger partial charge is 0.410 e. The van der Waals surface area contributed by atoms with E-state index in [1.165, 1.54) is 0 Å². The molecule has 2 aromatic carbocycles. The number of amides is 1. The molecular weight excluding hydrogens is 478 g/mol. The Bertz CT molecular complexity index is 1430. The van der Waals surface area contributed by atoms with Crippen LogP contribution in [0, 0.1) is 5.92 Å². The maximum absolute atomic E-state index is 12.5. The molecule has 2 aromatic heterocycles. The predicted molar refractivity (Wildman–Crippen MR) is 151 cm³/mol. The second-order valence-corrected chi connectivity index (χ2v) is 11.0. The van der Waals surface area contributed by atoms with Crippen molar-refractivity contribution in [2.75, 3.05) is 25.4 Å². The normalized spacial score (nSPS) is 14.9. The number of hydrogen-bond donors (Lipinski definition) is 1. The van der Waals surface area contributed by atoms with E-state index in [1.54, 1.807) is 0 Å². The van der Waals surface area contributed by atoms with E-state index in [9.17, 15) is 4.79 Å². The molecule has 38 heavy (non-hydrogen) atoms. The van der Waals surface area contributed by atoms with E-state index in [4.69, 9.17) is 25.2 Å². The summed E-state index contributed by atoms with van der Waals surface area (Å²) in [5.41, 5.74) is 10.8. The quantitative estimate of drug-likeness (QED) is 0.337. The summed E-state index contributed by atoms with van der Waals surface area (Å²) in [4.78, 5) is 24.0. The fraction of sp³-hybridized carbons (Fsp3) is 0.433. The van der Waals surface area contributed by atoms with Gasteiger partial charge in [0.25, 0.3) is 0 Å². The van der Waals surface area contributed by atoms with E-state index >= 15 is 0 Å². The Balaban J connectivity index is 1.48. The number of imidazole rings is 1. The number of benzene rings is 2. The third-order valence-corrected chi connectivity index (χ3v) is 7.03. The van der Waals surface area contributed by atoms with Gasteiger partial charge in [0.1, 0.15) is 23.5 Å². The number of nitrogens with two attached hydrogens (primary N) is 1. The molecule has 0 aliphatic carbocycles. The first-order valence-electron chi connectivity index (χ1n) is 13.4. The number of rotatable bonds is 6. The minimum absolute atomic E-state index is 0.236. The SMILES string of the molecule is CCOCc1nc2c(N)nc3cc(-c4ccccc4)ccc3c2n1CC1CCN(C(=O)OC(C)(C)C)CC1. The Morgan fingerprint density at radius 3 is 2.47 bits per heavy atom. The first-order valence-corrected chi connectivity index (χ1v) is 13.4. The van der Waals surface area contributed by atoms with Crippen LogP contribution in [0.25, 0.3) is 33.1 Å². The third-order valence-electron chi connectivity index (χ3n) is 7.03. The maximum Gasteiger partial charge on any atom is 0.410 e. The van der Waals surface area contributed by atoms with E-state index < -0.39 is 5.60 Å². The van der Waals surface area contributed by atoms with Gasteiger partial charge >= 0.3 is 6.09 Å². The number of nitrogens with zero attached hydrogens (tertiary/aromatic N) is 4. The number of carbonyl (C=O) groups is 1. The highest BCUT2D eigenvalue weighted by Gasteiger charge is 2.28. The second-order valence-electron chi connectivity index (χ2n) is 11.0. The number of carbonyl (C=O) groups excluding carboxylic acids is 1. The molecule has 0 unspecified atom stereocenters. The van der Waals surface area contributed by atoms with Crippen molar-refractivity contribution < 1.29 is 14.3 Å². The Labute approximate surface area is 223 Å². The van der Waals surface area contributed by atoms with Crippen LogP contribution in [0.2, 0.25) is 0 Å². The number of ether oxygens (including phenoxy) is 2. The molecule has 8 heteroatoms. The van der Waals surface area contributed by atoms with Crippen molar-refractivity contribution in [3.05, 3.63) is 54.4 Å². The second kappa shape index (κ2) is 10.6. The number of pyridine rings is 1. The highest BCUT2D eigenvalue weighted by atomic mass is 16.6. The van der Waals surface area contributed by atoms with Gasteiger partial charge < -0.3 is 24.7 Å². The highest BCUT2D eigenvalue weighted by Crippen LogP contribution is 2.33. The molecular formula is C30H37N5O3. The van der Waals surface area contributed by atoms with Crippen LogP contribution in [0.5, 0.6) is 0 Å². The monoisotopic (exact) mass is 515 g/mol. The van der Waals surface area contributed by atoms with Crippen LogP contribution in [0.4, 0.5) is 10.6 Å². The molecule has 0 bridgehead atoms. The Hall–Kier alpha value is -3.65. The van der Waals surface area contributed by atoms with Crippen LogP contribution < -0.4 is 5.73 Å². The topological polar surface area (TPSA) is 95.5 Å². The van der Waals surface area contributed by atoms with Gasteiger partial charge in [-0.3, -0.25) is 0 Å². The molecule has 1 fully saturated rings. The number of piperidine rings is 1. The first-order chi connectivity index (χ1) is 18.2. The molecule has 0 saturated carbocycles. The minimum Gasteiger partial charge on any atom is -0.444 e. The van der Waals surface area contributed by atoms with Gasteiger partial charge in [0, 0.05) is 31.6 Å². The summed E-state index contributed by atoms with van der Waals surface area (Å²) in [5.74, 6) is 1.66. The summed E-state index contributed by atoms with van der Waals surface area (Å²) in [5, 5.41) is 1.02. The van der Waals surface area contributed by atoms with Gasteiger partial charge in [-0.1, -0.05) is 42.5 Å². The van der Waals surface area contributed by atoms with Crippen LogP contribution in [0.15, 0.2) is 48.5 Å². The molecule has 200 valence electrons. The van der Waals surface area contributed by atoms with Gasteiger partial charge in [-0.05, 0) is 63.6 Å². The first kappa shape index (κ1) is 26.0. The fourth-order valence-corrected chi connectivity index (χ4v) is 5.15.